The Kier molecular flexibility index (Phi) is 2.84. The Labute approximate surface area is 77.4 Å². The van der Waals surface area contributed by atoms with Crippen LogP contribution in [0.15, 0.2) is 18.2 Å². The molecule has 4 nitrogen and oxygen atoms in total. The molecule has 70 valence electrons. The monoisotopic (exact) mass is 179 g/mol. The van der Waals surface area contributed by atoms with E-state index in [1.54, 1.807) is 6.07 Å². The Hall–Kier alpha value is -1.58. The summed E-state index contributed by atoms with van der Waals surface area (Å²) >= 11 is 0. The SMILES string of the molecule is CN(C)c1cccc(CC(N)=O)n1. The van der Waals surface area contributed by atoms with Crippen LogP contribution in [0.1, 0.15) is 5.69 Å². The van der Waals surface area contributed by atoms with Crippen molar-refractivity contribution in [3.05, 3.63) is 23.9 Å². The fourth-order valence-corrected chi connectivity index (χ4v) is 0.993. The van der Waals surface area contributed by atoms with E-state index in [1.807, 2.05) is 31.1 Å². The highest BCUT2D eigenvalue weighted by atomic mass is 16.1. The normalized spacial score (nSPS) is 9.69. The summed E-state index contributed by atoms with van der Waals surface area (Å²) in [5, 5.41) is 0. The molecular weight excluding hydrogens is 166 g/mol. The van der Waals surface area contributed by atoms with Crippen LogP contribution in [0.25, 0.3) is 0 Å². The quantitative estimate of drug-likeness (QED) is 0.719. The molecule has 0 bridgehead atoms. The number of nitrogens with two attached hydrogens (primary N) is 1. The van der Waals surface area contributed by atoms with Crippen molar-refractivity contribution in [2.24, 2.45) is 5.73 Å². The van der Waals surface area contributed by atoms with Gasteiger partial charge < -0.3 is 10.6 Å². The third-order valence-electron chi connectivity index (χ3n) is 1.61. The Bertz CT molecular complexity index is 309. The molecule has 0 aromatic carbocycles. The summed E-state index contributed by atoms with van der Waals surface area (Å²) in [7, 11) is 3.80. The maximum atomic E-state index is 10.6. The number of rotatable bonds is 3. The number of carbonyl (C=O) groups excluding carboxylic acids is 1. The van der Waals surface area contributed by atoms with Crippen molar-refractivity contribution in [1.82, 2.24) is 4.98 Å². The van der Waals surface area contributed by atoms with Crippen LogP contribution in [-0.2, 0) is 11.2 Å². The second kappa shape index (κ2) is 3.89. The van der Waals surface area contributed by atoms with Gasteiger partial charge in [-0.15, -0.1) is 0 Å². The summed E-state index contributed by atoms with van der Waals surface area (Å²) in [6.07, 6.45) is 0.196. The molecular formula is C9H13N3O. The predicted molar refractivity (Wildman–Crippen MR) is 51.5 cm³/mol. The van der Waals surface area contributed by atoms with Gasteiger partial charge in [-0.3, -0.25) is 4.79 Å². The second-order valence-corrected chi connectivity index (χ2v) is 3.02. The summed E-state index contributed by atoms with van der Waals surface area (Å²) in [5.41, 5.74) is 5.77. The average Bonchev–Trinajstić information content (AvgIpc) is 2.03. The molecule has 2 N–H and O–H groups in total. The van der Waals surface area contributed by atoms with Crippen LogP contribution < -0.4 is 10.6 Å². The standard InChI is InChI=1S/C9H13N3O/c1-12(2)9-5-3-4-7(11-9)6-8(10)13/h3-5H,6H2,1-2H3,(H2,10,13). The molecule has 1 rings (SSSR count). The molecule has 0 radical (unpaired) electrons. The highest BCUT2D eigenvalue weighted by Gasteiger charge is 2.01. The van der Waals surface area contributed by atoms with Gasteiger partial charge in [-0.1, -0.05) is 6.07 Å². The van der Waals surface area contributed by atoms with Gasteiger partial charge in [0.15, 0.2) is 0 Å². The van der Waals surface area contributed by atoms with E-state index in [2.05, 4.69) is 4.98 Å². The van der Waals surface area contributed by atoms with Crippen molar-refractivity contribution < 1.29 is 4.79 Å². The highest BCUT2D eigenvalue weighted by molar-refractivity contribution is 5.76. The van der Waals surface area contributed by atoms with E-state index in [1.165, 1.54) is 0 Å². The summed E-state index contributed by atoms with van der Waals surface area (Å²) in [6, 6.07) is 5.53. The molecule has 0 aliphatic heterocycles. The number of anilines is 1. The summed E-state index contributed by atoms with van der Waals surface area (Å²) in [4.78, 5) is 16.7. The zero-order valence-corrected chi connectivity index (χ0v) is 7.82. The molecule has 0 fully saturated rings. The Morgan fingerprint density at radius 3 is 2.77 bits per heavy atom. The van der Waals surface area contributed by atoms with E-state index >= 15 is 0 Å². The number of hydrogen-bond acceptors (Lipinski definition) is 3. The zero-order valence-electron chi connectivity index (χ0n) is 7.82. The lowest BCUT2D eigenvalue weighted by molar-refractivity contribution is -0.117. The first-order chi connectivity index (χ1) is 6.09. The van der Waals surface area contributed by atoms with Gasteiger partial charge in [0.1, 0.15) is 5.82 Å². The van der Waals surface area contributed by atoms with Gasteiger partial charge in [-0.05, 0) is 12.1 Å². The first kappa shape index (κ1) is 9.51. The van der Waals surface area contributed by atoms with Gasteiger partial charge >= 0.3 is 0 Å². The first-order valence-corrected chi connectivity index (χ1v) is 4.01. The van der Waals surface area contributed by atoms with Gasteiger partial charge in [0.05, 0.1) is 12.1 Å². The number of primary amides is 1. The minimum absolute atomic E-state index is 0.196. The topological polar surface area (TPSA) is 59.2 Å². The predicted octanol–water partition coefficient (Wildman–Crippen LogP) is 0.175. The number of amides is 1. The maximum Gasteiger partial charge on any atom is 0.223 e. The molecule has 0 spiro atoms. The molecule has 1 aromatic rings. The number of nitrogens with zero attached hydrogens (tertiary/aromatic N) is 2. The summed E-state index contributed by atoms with van der Waals surface area (Å²) < 4.78 is 0. The van der Waals surface area contributed by atoms with Crippen molar-refractivity contribution in [2.45, 2.75) is 6.42 Å². The smallest absolute Gasteiger partial charge is 0.223 e. The van der Waals surface area contributed by atoms with Crippen LogP contribution in [0.4, 0.5) is 5.82 Å². The largest absolute Gasteiger partial charge is 0.369 e. The molecule has 1 amide bonds. The van der Waals surface area contributed by atoms with Crippen molar-refractivity contribution in [1.29, 1.82) is 0 Å². The van der Waals surface area contributed by atoms with Gasteiger partial charge in [0.2, 0.25) is 5.91 Å². The lowest BCUT2D eigenvalue weighted by atomic mass is 10.2. The van der Waals surface area contributed by atoms with Gasteiger partial charge in [0.25, 0.3) is 0 Å². The van der Waals surface area contributed by atoms with Crippen molar-refractivity contribution >= 4 is 11.7 Å². The Morgan fingerprint density at radius 1 is 1.54 bits per heavy atom. The fourth-order valence-electron chi connectivity index (χ4n) is 0.993. The van der Waals surface area contributed by atoms with Crippen molar-refractivity contribution in [3.8, 4) is 0 Å². The van der Waals surface area contributed by atoms with Crippen LogP contribution in [0.2, 0.25) is 0 Å². The van der Waals surface area contributed by atoms with Crippen LogP contribution in [0, 0.1) is 0 Å². The van der Waals surface area contributed by atoms with Crippen molar-refractivity contribution in [2.75, 3.05) is 19.0 Å². The average molecular weight is 179 g/mol. The molecule has 4 heteroatoms. The molecule has 13 heavy (non-hydrogen) atoms. The van der Waals surface area contributed by atoms with E-state index in [9.17, 15) is 4.79 Å². The van der Waals surface area contributed by atoms with Gasteiger partial charge in [-0.2, -0.15) is 0 Å². The van der Waals surface area contributed by atoms with E-state index in [0.717, 1.165) is 5.82 Å². The molecule has 0 saturated carbocycles. The highest BCUT2D eigenvalue weighted by Crippen LogP contribution is 2.07. The molecule has 0 unspecified atom stereocenters. The molecule has 0 aliphatic rings. The van der Waals surface area contributed by atoms with Crippen LogP contribution in [0.5, 0.6) is 0 Å². The third-order valence-corrected chi connectivity index (χ3v) is 1.61. The summed E-state index contributed by atoms with van der Waals surface area (Å²) in [5.74, 6) is 0.474. The molecule has 0 atom stereocenters. The minimum atomic E-state index is -0.358. The number of carbonyl (C=O) groups is 1. The van der Waals surface area contributed by atoms with Crippen LogP contribution >= 0.6 is 0 Å². The Morgan fingerprint density at radius 2 is 2.23 bits per heavy atom. The van der Waals surface area contributed by atoms with Crippen LogP contribution in [-0.4, -0.2) is 25.0 Å². The lowest BCUT2D eigenvalue weighted by Crippen LogP contribution is -2.16. The van der Waals surface area contributed by atoms with E-state index in [-0.39, 0.29) is 12.3 Å². The molecule has 0 aliphatic carbocycles. The van der Waals surface area contributed by atoms with Crippen molar-refractivity contribution in [3.63, 3.8) is 0 Å². The number of pyridine rings is 1. The number of hydrogen-bond donors (Lipinski definition) is 1. The van der Waals surface area contributed by atoms with E-state index in [4.69, 9.17) is 5.73 Å². The molecule has 1 heterocycles. The van der Waals surface area contributed by atoms with E-state index < -0.39 is 0 Å². The minimum Gasteiger partial charge on any atom is -0.369 e. The third kappa shape index (κ3) is 2.74. The zero-order chi connectivity index (χ0) is 9.84. The first-order valence-electron chi connectivity index (χ1n) is 4.01. The van der Waals surface area contributed by atoms with Gasteiger partial charge in [-0.25, -0.2) is 4.98 Å². The molecule has 1 aromatic heterocycles. The second-order valence-electron chi connectivity index (χ2n) is 3.02. The lowest BCUT2D eigenvalue weighted by Gasteiger charge is -2.11. The van der Waals surface area contributed by atoms with E-state index in [0.29, 0.717) is 5.69 Å². The van der Waals surface area contributed by atoms with Crippen LogP contribution in [0.3, 0.4) is 0 Å². The summed E-state index contributed by atoms with van der Waals surface area (Å²) in [6.45, 7) is 0. The Balaban J connectivity index is 2.85. The van der Waals surface area contributed by atoms with Gasteiger partial charge in [0, 0.05) is 14.1 Å². The number of aromatic nitrogens is 1. The maximum absolute atomic E-state index is 10.6. The molecule has 0 saturated heterocycles. The fraction of sp³-hybridized carbons (Fsp3) is 0.333.